The van der Waals surface area contributed by atoms with Gasteiger partial charge in [-0.1, -0.05) is 0 Å². The summed E-state index contributed by atoms with van der Waals surface area (Å²) < 4.78 is 18.1. The van der Waals surface area contributed by atoms with E-state index in [1.165, 1.54) is 30.3 Å². The largest absolute Gasteiger partial charge is 0.454 e. The van der Waals surface area contributed by atoms with Gasteiger partial charge in [0.1, 0.15) is 5.82 Å². The van der Waals surface area contributed by atoms with Gasteiger partial charge in [0.15, 0.2) is 6.61 Å². The van der Waals surface area contributed by atoms with Gasteiger partial charge in [-0.15, -0.1) is 0 Å². The summed E-state index contributed by atoms with van der Waals surface area (Å²) in [7, 11) is 0. The molecule has 0 bridgehead atoms. The van der Waals surface area contributed by atoms with Gasteiger partial charge in [0, 0.05) is 6.20 Å². The first-order valence-electron chi connectivity index (χ1n) is 8.58. The number of amides is 2. The number of Topliss-reactive ketones (excluding diaryl/α,β-unsaturated/α-hetero) is 1. The van der Waals surface area contributed by atoms with Gasteiger partial charge in [-0.05, 0) is 54.6 Å². The van der Waals surface area contributed by atoms with Crippen molar-refractivity contribution in [3.63, 3.8) is 0 Å². The number of H-pyrrole nitrogens is 1. The van der Waals surface area contributed by atoms with E-state index in [-0.39, 0.29) is 22.4 Å². The molecule has 29 heavy (non-hydrogen) atoms. The van der Waals surface area contributed by atoms with Gasteiger partial charge in [-0.2, -0.15) is 0 Å². The highest BCUT2D eigenvalue weighted by Crippen LogP contribution is 2.29. The summed E-state index contributed by atoms with van der Waals surface area (Å²) in [6.07, 6.45) is 1.57. The van der Waals surface area contributed by atoms with Crippen LogP contribution in [0.5, 0.6) is 0 Å². The molecule has 0 fully saturated rings. The van der Waals surface area contributed by atoms with Crippen LogP contribution in [0, 0.1) is 5.82 Å². The van der Waals surface area contributed by atoms with Crippen LogP contribution in [0.25, 0.3) is 0 Å². The number of hydrogen-bond acceptors (Lipinski definition) is 5. The van der Waals surface area contributed by atoms with Gasteiger partial charge in [-0.3, -0.25) is 14.4 Å². The van der Waals surface area contributed by atoms with E-state index in [4.69, 9.17) is 4.74 Å². The van der Waals surface area contributed by atoms with Crippen LogP contribution in [0.2, 0.25) is 0 Å². The number of esters is 1. The van der Waals surface area contributed by atoms with Crippen molar-refractivity contribution in [1.82, 2.24) is 4.98 Å². The zero-order valence-corrected chi connectivity index (χ0v) is 14.8. The number of ether oxygens (including phenoxy) is 1. The first kappa shape index (κ1) is 18.3. The monoisotopic (exact) mass is 392 g/mol. The number of imide groups is 1. The van der Waals surface area contributed by atoms with Crippen LogP contribution < -0.4 is 4.90 Å². The number of benzene rings is 2. The lowest BCUT2D eigenvalue weighted by Gasteiger charge is -2.13. The number of fused-ring (bicyclic) bond motifs is 1. The molecular formula is C21H13FN2O5. The van der Waals surface area contributed by atoms with E-state index in [9.17, 15) is 23.6 Å². The zero-order valence-electron chi connectivity index (χ0n) is 14.8. The Labute approximate surface area is 163 Å². The molecule has 7 nitrogen and oxygen atoms in total. The first-order valence-corrected chi connectivity index (χ1v) is 8.58. The Morgan fingerprint density at radius 2 is 1.69 bits per heavy atom. The van der Waals surface area contributed by atoms with Crippen molar-refractivity contribution in [3.05, 3.63) is 89.0 Å². The molecule has 0 radical (unpaired) electrons. The van der Waals surface area contributed by atoms with Crippen molar-refractivity contribution in [1.29, 1.82) is 0 Å². The van der Waals surface area contributed by atoms with Crippen LogP contribution in [0.15, 0.2) is 60.8 Å². The smallest absolute Gasteiger partial charge is 0.338 e. The zero-order chi connectivity index (χ0) is 20.5. The van der Waals surface area contributed by atoms with Crippen molar-refractivity contribution in [3.8, 4) is 0 Å². The topological polar surface area (TPSA) is 96.5 Å². The number of hydrogen-bond donors (Lipinski definition) is 1. The molecule has 4 rings (SSSR count). The molecule has 0 unspecified atom stereocenters. The number of ketones is 1. The summed E-state index contributed by atoms with van der Waals surface area (Å²) >= 11 is 0. The Hall–Kier alpha value is -4.07. The van der Waals surface area contributed by atoms with Crippen LogP contribution in [-0.4, -0.2) is 35.2 Å². The third-order valence-corrected chi connectivity index (χ3v) is 4.44. The standard InChI is InChI=1S/C21H13FN2O5/c22-13-4-6-14(7-5-13)24-19(26)15-8-3-12(10-16(15)20(24)27)21(28)29-11-18(25)17-2-1-9-23-17/h1-10,23H,11H2. The van der Waals surface area contributed by atoms with E-state index in [1.807, 2.05) is 0 Å². The second kappa shape index (κ2) is 7.16. The summed E-state index contributed by atoms with van der Waals surface area (Å²) in [5.41, 5.74) is 0.716. The summed E-state index contributed by atoms with van der Waals surface area (Å²) in [4.78, 5) is 53.1. The number of halogens is 1. The van der Waals surface area contributed by atoms with E-state index < -0.39 is 36.0 Å². The molecule has 0 spiro atoms. The maximum atomic E-state index is 13.1. The van der Waals surface area contributed by atoms with Crippen molar-refractivity contribution < 1.29 is 28.3 Å². The first-order chi connectivity index (χ1) is 14.0. The summed E-state index contributed by atoms with van der Waals surface area (Å²) in [5.74, 6) is -2.90. The van der Waals surface area contributed by atoms with E-state index in [0.29, 0.717) is 5.69 Å². The SMILES string of the molecule is O=C(OCC(=O)c1ccc[nH]1)c1ccc2c(c1)C(=O)N(c1ccc(F)cc1)C2=O. The fourth-order valence-corrected chi connectivity index (χ4v) is 2.99. The molecule has 2 amide bonds. The maximum Gasteiger partial charge on any atom is 0.338 e. The molecule has 2 aromatic carbocycles. The van der Waals surface area contributed by atoms with Crippen LogP contribution in [0.1, 0.15) is 41.6 Å². The van der Waals surface area contributed by atoms with Crippen LogP contribution in [-0.2, 0) is 4.74 Å². The van der Waals surface area contributed by atoms with E-state index in [1.54, 1.807) is 18.3 Å². The third-order valence-electron chi connectivity index (χ3n) is 4.44. The summed E-state index contributed by atoms with van der Waals surface area (Å²) in [5, 5.41) is 0. The second-order valence-corrected chi connectivity index (χ2v) is 6.27. The molecule has 2 heterocycles. The lowest BCUT2D eigenvalue weighted by molar-refractivity contribution is 0.0473. The Morgan fingerprint density at radius 3 is 2.38 bits per heavy atom. The van der Waals surface area contributed by atoms with Crippen molar-refractivity contribution in [2.24, 2.45) is 0 Å². The average Bonchev–Trinajstić information content (AvgIpc) is 3.35. The molecule has 0 saturated carbocycles. The number of carbonyl (C=O) groups excluding carboxylic acids is 4. The molecule has 1 aliphatic rings. The Kier molecular flexibility index (Phi) is 4.52. The molecule has 1 aliphatic heterocycles. The second-order valence-electron chi connectivity index (χ2n) is 6.27. The predicted octanol–water partition coefficient (Wildman–Crippen LogP) is 2.99. The fraction of sp³-hybridized carbons (Fsp3) is 0.0476. The highest BCUT2D eigenvalue weighted by molar-refractivity contribution is 6.34. The number of aromatic amines is 1. The number of anilines is 1. The van der Waals surface area contributed by atoms with Gasteiger partial charge in [0.25, 0.3) is 11.8 Å². The van der Waals surface area contributed by atoms with E-state index in [0.717, 1.165) is 17.0 Å². The molecular weight excluding hydrogens is 379 g/mol. The molecule has 0 saturated heterocycles. The normalized spacial score (nSPS) is 12.8. The van der Waals surface area contributed by atoms with Gasteiger partial charge < -0.3 is 9.72 Å². The number of nitrogens with zero attached hydrogens (tertiary/aromatic N) is 1. The van der Waals surface area contributed by atoms with Gasteiger partial charge in [0.05, 0.1) is 28.1 Å². The van der Waals surface area contributed by atoms with Gasteiger partial charge in [0.2, 0.25) is 5.78 Å². The minimum absolute atomic E-state index is 0.0319. The molecule has 0 atom stereocenters. The number of nitrogens with one attached hydrogen (secondary N) is 1. The molecule has 3 aromatic rings. The van der Waals surface area contributed by atoms with Gasteiger partial charge in [-0.25, -0.2) is 14.1 Å². The highest BCUT2D eigenvalue weighted by Gasteiger charge is 2.37. The molecule has 0 aliphatic carbocycles. The summed E-state index contributed by atoms with van der Waals surface area (Å²) in [6, 6.07) is 12.1. The minimum atomic E-state index is -0.798. The predicted molar refractivity (Wildman–Crippen MR) is 99.4 cm³/mol. The lowest BCUT2D eigenvalue weighted by Crippen LogP contribution is -2.29. The van der Waals surface area contributed by atoms with E-state index in [2.05, 4.69) is 4.98 Å². The molecule has 1 aromatic heterocycles. The van der Waals surface area contributed by atoms with Crippen molar-refractivity contribution in [2.45, 2.75) is 0 Å². The minimum Gasteiger partial charge on any atom is -0.454 e. The number of rotatable bonds is 5. The number of aromatic nitrogens is 1. The van der Waals surface area contributed by atoms with E-state index >= 15 is 0 Å². The molecule has 1 N–H and O–H groups in total. The Balaban J connectivity index is 1.53. The quantitative estimate of drug-likeness (QED) is 0.409. The van der Waals surface area contributed by atoms with Gasteiger partial charge >= 0.3 is 5.97 Å². The third kappa shape index (κ3) is 3.31. The maximum absolute atomic E-state index is 13.1. The van der Waals surface area contributed by atoms with Crippen molar-refractivity contribution >= 4 is 29.3 Å². The average molecular weight is 392 g/mol. The molecule has 8 heteroatoms. The van der Waals surface area contributed by atoms with Crippen LogP contribution in [0.4, 0.5) is 10.1 Å². The lowest BCUT2D eigenvalue weighted by atomic mass is 10.1. The fourth-order valence-electron chi connectivity index (χ4n) is 2.99. The van der Waals surface area contributed by atoms with Crippen molar-refractivity contribution in [2.75, 3.05) is 11.5 Å². The highest BCUT2D eigenvalue weighted by atomic mass is 19.1. The summed E-state index contributed by atoms with van der Waals surface area (Å²) in [6.45, 7) is -0.467. The Morgan fingerprint density at radius 1 is 0.966 bits per heavy atom. The Bertz CT molecular complexity index is 1140. The molecule has 144 valence electrons. The van der Waals surface area contributed by atoms with Crippen LogP contribution in [0.3, 0.4) is 0 Å². The number of carbonyl (C=O) groups is 4. The van der Waals surface area contributed by atoms with Crippen LogP contribution >= 0.6 is 0 Å².